The van der Waals surface area contributed by atoms with Gasteiger partial charge in [-0.3, -0.25) is 0 Å². The molecule has 3 N–H and O–H groups in total. The second-order valence-corrected chi connectivity index (χ2v) is 2.92. The molecule has 0 atom stereocenters. The van der Waals surface area contributed by atoms with Crippen molar-refractivity contribution in [2.24, 2.45) is 5.73 Å². The molecule has 0 fully saturated rings. The lowest BCUT2D eigenvalue weighted by atomic mass is 10.4. The highest BCUT2D eigenvalue weighted by Crippen LogP contribution is 2.13. The van der Waals surface area contributed by atoms with Gasteiger partial charge in [0.25, 0.3) is 0 Å². The van der Waals surface area contributed by atoms with E-state index in [2.05, 4.69) is 5.38 Å². The Labute approximate surface area is 82.0 Å². The molecular formula is C7H8F3NO2S. The molecule has 0 saturated carbocycles. The molecule has 0 spiro atoms. The SMILES string of the molecule is NCc1ccsc1.O=C(O)C(F)(F)F. The van der Waals surface area contributed by atoms with Crippen molar-refractivity contribution in [2.45, 2.75) is 12.7 Å². The summed E-state index contributed by atoms with van der Waals surface area (Å²) in [6.45, 7) is 0.670. The lowest BCUT2D eigenvalue weighted by molar-refractivity contribution is -0.192. The number of carboxylic acids is 1. The van der Waals surface area contributed by atoms with E-state index in [9.17, 15) is 13.2 Å². The average molecular weight is 227 g/mol. The predicted molar refractivity (Wildman–Crippen MR) is 45.9 cm³/mol. The Morgan fingerprint density at radius 2 is 2.07 bits per heavy atom. The number of carbonyl (C=O) groups is 1. The van der Waals surface area contributed by atoms with Crippen LogP contribution < -0.4 is 5.73 Å². The predicted octanol–water partition coefficient (Wildman–Crippen LogP) is 1.84. The van der Waals surface area contributed by atoms with Gasteiger partial charge in [-0.1, -0.05) is 0 Å². The molecule has 0 aliphatic carbocycles. The number of hydrogen-bond donors (Lipinski definition) is 2. The monoisotopic (exact) mass is 227 g/mol. The van der Waals surface area contributed by atoms with Crippen LogP contribution in [0, 0.1) is 0 Å². The Morgan fingerprint density at radius 3 is 2.21 bits per heavy atom. The van der Waals surface area contributed by atoms with Crippen LogP contribution in [-0.2, 0) is 11.3 Å². The van der Waals surface area contributed by atoms with Gasteiger partial charge in [0.15, 0.2) is 0 Å². The number of alkyl halides is 3. The average Bonchev–Trinajstić information content (AvgIpc) is 2.54. The summed E-state index contributed by atoms with van der Waals surface area (Å²) in [5.41, 5.74) is 6.53. The first-order valence-corrected chi connectivity index (χ1v) is 4.33. The van der Waals surface area contributed by atoms with Crippen molar-refractivity contribution in [1.82, 2.24) is 0 Å². The minimum atomic E-state index is -5.08. The van der Waals surface area contributed by atoms with Crippen LogP contribution in [0.4, 0.5) is 13.2 Å². The Kier molecular flexibility index (Phi) is 5.18. The van der Waals surface area contributed by atoms with E-state index < -0.39 is 12.1 Å². The molecule has 1 rings (SSSR count). The van der Waals surface area contributed by atoms with Gasteiger partial charge in [0.1, 0.15) is 0 Å². The highest BCUT2D eigenvalue weighted by atomic mass is 32.1. The van der Waals surface area contributed by atoms with E-state index in [1.54, 1.807) is 11.3 Å². The molecule has 1 aromatic rings. The van der Waals surface area contributed by atoms with E-state index in [1.807, 2.05) is 11.4 Å². The smallest absolute Gasteiger partial charge is 0.475 e. The molecule has 0 aromatic carbocycles. The van der Waals surface area contributed by atoms with E-state index in [4.69, 9.17) is 15.6 Å². The summed E-state index contributed by atoms with van der Waals surface area (Å²) in [5.74, 6) is -2.76. The minimum absolute atomic E-state index is 0.670. The van der Waals surface area contributed by atoms with Crippen molar-refractivity contribution in [2.75, 3.05) is 0 Å². The summed E-state index contributed by atoms with van der Waals surface area (Å²) in [6, 6.07) is 2.03. The summed E-state index contributed by atoms with van der Waals surface area (Å²) in [7, 11) is 0. The van der Waals surface area contributed by atoms with Crippen molar-refractivity contribution < 1.29 is 23.1 Å². The molecule has 1 aromatic heterocycles. The second kappa shape index (κ2) is 5.61. The van der Waals surface area contributed by atoms with Crippen LogP contribution in [0.25, 0.3) is 0 Å². The van der Waals surface area contributed by atoms with Crippen molar-refractivity contribution in [3.05, 3.63) is 22.4 Å². The molecule has 0 amide bonds. The summed E-state index contributed by atoms with van der Waals surface area (Å²) in [4.78, 5) is 8.90. The molecule has 0 radical (unpaired) electrons. The van der Waals surface area contributed by atoms with Gasteiger partial charge in [-0.2, -0.15) is 24.5 Å². The van der Waals surface area contributed by atoms with Crippen LogP contribution in [0.3, 0.4) is 0 Å². The molecule has 0 aliphatic rings. The van der Waals surface area contributed by atoms with Crippen LogP contribution in [0.1, 0.15) is 5.56 Å². The van der Waals surface area contributed by atoms with Crippen LogP contribution in [-0.4, -0.2) is 17.3 Å². The van der Waals surface area contributed by atoms with Crippen LogP contribution in [0.5, 0.6) is 0 Å². The first-order valence-electron chi connectivity index (χ1n) is 3.39. The maximum atomic E-state index is 10.6. The van der Waals surface area contributed by atoms with E-state index in [1.165, 1.54) is 5.56 Å². The van der Waals surface area contributed by atoms with Gasteiger partial charge in [-0.25, -0.2) is 4.79 Å². The quantitative estimate of drug-likeness (QED) is 0.769. The zero-order valence-corrected chi connectivity index (χ0v) is 7.73. The molecule has 0 unspecified atom stereocenters. The fourth-order valence-electron chi connectivity index (χ4n) is 0.409. The van der Waals surface area contributed by atoms with Crippen LogP contribution >= 0.6 is 11.3 Å². The molecule has 0 aliphatic heterocycles. The van der Waals surface area contributed by atoms with Gasteiger partial charge in [0.05, 0.1) is 0 Å². The van der Waals surface area contributed by atoms with Crippen molar-refractivity contribution in [3.63, 3.8) is 0 Å². The fourth-order valence-corrected chi connectivity index (χ4v) is 1.09. The molecule has 80 valence electrons. The van der Waals surface area contributed by atoms with Crippen LogP contribution in [0.15, 0.2) is 16.8 Å². The Balaban J connectivity index is 0.000000241. The minimum Gasteiger partial charge on any atom is -0.475 e. The fraction of sp³-hybridized carbons (Fsp3) is 0.286. The topological polar surface area (TPSA) is 63.3 Å². The number of thiophene rings is 1. The van der Waals surface area contributed by atoms with Crippen molar-refractivity contribution >= 4 is 17.3 Å². The highest BCUT2D eigenvalue weighted by molar-refractivity contribution is 7.07. The number of nitrogens with two attached hydrogens (primary N) is 1. The lowest BCUT2D eigenvalue weighted by Crippen LogP contribution is -2.21. The van der Waals surface area contributed by atoms with E-state index in [0.717, 1.165) is 0 Å². The number of aliphatic carboxylic acids is 1. The maximum Gasteiger partial charge on any atom is 0.490 e. The summed E-state index contributed by atoms with van der Waals surface area (Å²) < 4.78 is 31.7. The second-order valence-electron chi connectivity index (χ2n) is 2.14. The summed E-state index contributed by atoms with van der Waals surface area (Å²) in [6.07, 6.45) is -5.08. The Hall–Kier alpha value is -1.08. The van der Waals surface area contributed by atoms with E-state index in [-0.39, 0.29) is 0 Å². The first kappa shape index (κ1) is 12.9. The molecule has 0 bridgehead atoms. The van der Waals surface area contributed by atoms with Gasteiger partial charge in [0.2, 0.25) is 0 Å². The van der Waals surface area contributed by atoms with E-state index in [0.29, 0.717) is 6.54 Å². The zero-order valence-electron chi connectivity index (χ0n) is 6.91. The van der Waals surface area contributed by atoms with Crippen molar-refractivity contribution in [3.8, 4) is 0 Å². The Morgan fingerprint density at radius 1 is 1.57 bits per heavy atom. The lowest BCUT2D eigenvalue weighted by Gasteiger charge is -1.93. The summed E-state index contributed by atoms with van der Waals surface area (Å²) >= 11 is 1.68. The number of halogens is 3. The van der Waals surface area contributed by atoms with Gasteiger partial charge < -0.3 is 10.8 Å². The third-order valence-electron chi connectivity index (χ3n) is 1.06. The molecule has 3 nitrogen and oxygen atoms in total. The van der Waals surface area contributed by atoms with Gasteiger partial charge in [0, 0.05) is 6.54 Å². The standard InChI is InChI=1S/C5H7NS.C2HF3O2/c6-3-5-1-2-7-4-5;3-2(4,5)1(6)7/h1-2,4H,3,6H2;(H,6,7). The van der Waals surface area contributed by atoms with Gasteiger partial charge in [-0.15, -0.1) is 0 Å². The highest BCUT2D eigenvalue weighted by Gasteiger charge is 2.38. The summed E-state index contributed by atoms with van der Waals surface area (Å²) in [5, 5.41) is 11.2. The van der Waals surface area contributed by atoms with Gasteiger partial charge >= 0.3 is 12.1 Å². The molecule has 1 heterocycles. The third-order valence-corrected chi connectivity index (χ3v) is 1.79. The first-order chi connectivity index (χ1) is 6.38. The molecule has 0 saturated heterocycles. The zero-order chi connectivity index (χ0) is 11.2. The van der Waals surface area contributed by atoms with Gasteiger partial charge in [-0.05, 0) is 22.4 Å². The number of hydrogen-bond acceptors (Lipinski definition) is 3. The van der Waals surface area contributed by atoms with E-state index >= 15 is 0 Å². The Bertz CT molecular complexity index is 271. The largest absolute Gasteiger partial charge is 0.490 e. The maximum absolute atomic E-state index is 10.6. The third kappa shape index (κ3) is 5.55. The molecule has 14 heavy (non-hydrogen) atoms. The van der Waals surface area contributed by atoms with Crippen LogP contribution in [0.2, 0.25) is 0 Å². The molecule has 7 heteroatoms. The van der Waals surface area contributed by atoms with Crippen molar-refractivity contribution in [1.29, 1.82) is 0 Å². The molecular weight excluding hydrogens is 219 g/mol. The number of rotatable bonds is 1. The number of carboxylic acid groups (broad SMARTS) is 1. The normalized spacial score (nSPS) is 10.3.